The SMILES string of the molecule is CCC1CCC(O)(CNC(C)C(=O)N2CCOCC2)CC1. The van der Waals surface area contributed by atoms with Crippen molar-refractivity contribution in [1.29, 1.82) is 0 Å². The summed E-state index contributed by atoms with van der Waals surface area (Å²) in [7, 11) is 0. The highest BCUT2D eigenvalue weighted by molar-refractivity contribution is 5.81. The molecular formula is C16H30N2O3. The van der Waals surface area contributed by atoms with E-state index >= 15 is 0 Å². The van der Waals surface area contributed by atoms with Gasteiger partial charge in [0.2, 0.25) is 5.91 Å². The standard InChI is InChI=1S/C16H30N2O3/c1-3-14-4-6-16(20,7-5-14)12-17-13(2)15(19)18-8-10-21-11-9-18/h13-14,17,20H,3-12H2,1-2H3. The first-order valence-electron chi connectivity index (χ1n) is 8.36. The Labute approximate surface area is 128 Å². The third-order valence-electron chi connectivity index (χ3n) is 5.04. The van der Waals surface area contributed by atoms with Gasteiger partial charge >= 0.3 is 0 Å². The molecule has 1 atom stereocenters. The second-order valence-electron chi connectivity index (χ2n) is 6.62. The third-order valence-corrected chi connectivity index (χ3v) is 5.04. The number of hydrogen-bond acceptors (Lipinski definition) is 4. The molecule has 1 heterocycles. The highest BCUT2D eigenvalue weighted by atomic mass is 16.5. The van der Waals surface area contributed by atoms with Gasteiger partial charge in [-0.05, 0) is 38.5 Å². The van der Waals surface area contributed by atoms with Crippen LogP contribution in [0.3, 0.4) is 0 Å². The summed E-state index contributed by atoms with van der Waals surface area (Å²) in [6, 6.07) is -0.240. The van der Waals surface area contributed by atoms with Crippen molar-refractivity contribution in [2.45, 2.75) is 57.6 Å². The van der Waals surface area contributed by atoms with Crippen molar-refractivity contribution < 1.29 is 14.6 Å². The molecule has 0 aromatic carbocycles. The summed E-state index contributed by atoms with van der Waals surface area (Å²) in [5, 5.41) is 13.9. The fourth-order valence-electron chi connectivity index (χ4n) is 3.29. The molecule has 2 fully saturated rings. The predicted octanol–water partition coefficient (Wildman–Crippen LogP) is 1.15. The van der Waals surface area contributed by atoms with Gasteiger partial charge in [-0.1, -0.05) is 13.3 Å². The number of nitrogens with zero attached hydrogens (tertiary/aromatic N) is 1. The number of hydrogen-bond donors (Lipinski definition) is 2. The number of carbonyl (C=O) groups is 1. The third kappa shape index (κ3) is 4.66. The topological polar surface area (TPSA) is 61.8 Å². The van der Waals surface area contributed by atoms with Crippen LogP contribution < -0.4 is 5.32 Å². The molecule has 0 spiro atoms. The van der Waals surface area contributed by atoms with Crippen molar-refractivity contribution in [1.82, 2.24) is 10.2 Å². The molecular weight excluding hydrogens is 268 g/mol. The van der Waals surface area contributed by atoms with E-state index < -0.39 is 5.60 Å². The van der Waals surface area contributed by atoms with E-state index in [1.165, 1.54) is 6.42 Å². The fraction of sp³-hybridized carbons (Fsp3) is 0.938. The van der Waals surface area contributed by atoms with E-state index in [0.29, 0.717) is 32.8 Å². The molecule has 1 saturated heterocycles. The average molecular weight is 298 g/mol. The highest BCUT2D eigenvalue weighted by Crippen LogP contribution is 2.33. The number of ether oxygens (including phenoxy) is 1. The van der Waals surface area contributed by atoms with E-state index in [0.717, 1.165) is 31.6 Å². The maximum absolute atomic E-state index is 12.3. The molecule has 1 unspecified atom stereocenters. The first-order chi connectivity index (χ1) is 10.0. The quantitative estimate of drug-likeness (QED) is 0.799. The van der Waals surface area contributed by atoms with Gasteiger partial charge in [0.15, 0.2) is 0 Å². The Balaban J connectivity index is 1.75. The predicted molar refractivity (Wildman–Crippen MR) is 82.1 cm³/mol. The monoisotopic (exact) mass is 298 g/mol. The minimum atomic E-state index is -0.634. The number of morpholine rings is 1. The minimum Gasteiger partial charge on any atom is -0.389 e. The lowest BCUT2D eigenvalue weighted by molar-refractivity contribution is -0.137. The zero-order chi connectivity index (χ0) is 15.3. The Morgan fingerprint density at radius 3 is 2.57 bits per heavy atom. The Morgan fingerprint density at radius 2 is 2.00 bits per heavy atom. The molecule has 1 saturated carbocycles. The Kier molecular flexibility index (Phi) is 6.02. The Hall–Kier alpha value is -0.650. The maximum atomic E-state index is 12.3. The van der Waals surface area contributed by atoms with Gasteiger partial charge in [-0.15, -0.1) is 0 Å². The second-order valence-corrected chi connectivity index (χ2v) is 6.62. The van der Waals surface area contributed by atoms with Crippen LogP contribution >= 0.6 is 0 Å². The smallest absolute Gasteiger partial charge is 0.239 e. The normalized spacial score (nSPS) is 32.0. The maximum Gasteiger partial charge on any atom is 0.239 e. The van der Waals surface area contributed by atoms with Crippen LogP contribution in [0.25, 0.3) is 0 Å². The Bertz CT molecular complexity index is 334. The van der Waals surface area contributed by atoms with Gasteiger partial charge in [0.25, 0.3) is 0 Å². The van der Waals surface area contributed by atoms with Gasteiger partial charge in [-0.25, -0.2) is 0 Å². The first-order valence-corrected chi connectivity index (χ1v) is 8.36. The lowest BCUT2D eigenvalue weighted by Gasteiger charge is -2.37. The molecule has 122 valence electrons. The van der Waals surface area contributed by atoms with Crippen LogP contribution in [0.15, 0.2) is 0 Å². The minimum absolute atomic E-state index is 0.115. The highest BCUT2D eigenvalue weighted by Gasteiger charge is 2.33. The van der Waals surface area contributed by atoms with Gasteiger partial charge in [-0.3, -0.25) is 4.79 Å². The van der Waals surface area contributed by atoms with E-state index in [1.807, 2.05) is 11.8 Å². The van der Waals surface area contributed by atoms with Gasteiger partial charge in [0.1, 0.15) is 0 Å². The van der Waals surface area contributed by atoms with Crippen molar-refractivity contribution in [3.63, 3.8) is 0 Å². The zero-order valence-corrected chi connectivity index (χ0v) is 13.4. The van der Waals surface area contributed by atoms with Crippen LogP contribution in [0.4, 0.5) is 0 Å². The van der Waals surface area contributed by atoms with Crippen molar-refractivity contribution in [3.8, 4) is 0 Å². The molecule has 0 bridgehead atoms. The summed E-state index contributed by atoms with van der Waals surface area (Å²) < 4.78 is 5.27. The molecule has 0 aromatic rings. The van der Waals surface area contributed by atoms with Gasteiger partial charge < -0.3 is 20.1 Å². The van der Waals surface area contributed by atoms with Crippen molar-refractivity contribution >= 4 is 5.91 Å². The molecule has 2 rings (SSSR count). The molecule has 1 amide bonds. The summed E-state index contributed by atoms with van der Waals surface area (Å²) in [4.78, 5) is 14.1. The van der Waals surface area contributed by atoms with Gasteiger partial charge in [-0.2, -0.15) is 0 Å². The van der Waals surface area contributed by atoms with E-state index in [1.54, 1.807) is 0 Å². The summed E-state index contributed by atoms with van der Waals surface area (Å²) >= 11 is 0. The van der Waals surface area contributed by atoms with Crippen LogP contribution in [0.2, 0.25) is 0 Å². The summed E-state index contributed by atoms with van der Waals surface area (Å²) in [6.07, 6.45) is 5.09. The number of amides is 1. The lowest BCUT2D eigenvalue weighted by atomic mass is 9.78. The summed E-state index contributed by atoms with van der Waals surface area (Å²) in [6.45, 7) is 7.22. The summed E-state index contributed by atoms with van der Waals surface area (Å²) in [5.41, 5.74) is -0.634. The van der Waals surface area contributed by atoms with E-state index in [2.05, 4.69) is 12.2 Å². The average Bonchev–Trinajstić information content (AvgIpc) is 2.53. The fourth-order valence-corrected chi connectivity index (χ4v) is 3.29. The van der Waals surface area contributed by atoms with Crippen LogP contribution in [-0.4, -0.2) is 60.4 Å². The molecule has 2 aliphatic rings. The number of nitrogens with one attached hydrogen (secondary N) is 1. The first kappa shape index (κ1) is 16.7. The van der Waals surface area contributed by atoms with Crippen LogP contribution in [0, 0.1) is 5.92 Å². The van der Waals surface area contributed by atoms with E-state index in [-0.39, 0.29) is 11.9 Å². The second kappa shape index (κ2) is 7.56. The van der Waals surface area contributed by atoms with Crippen molar-refractivity contribution in [2.24, 2.45) is 5.92 Å². The molecule has 0 radical (unpaired) electrons. The summed E-state index contributed by atoms with van der Waals surface area (Å²) in [5.74, 6) is 0.877. The number of aliphatic hydroxyl groups is 1. The molecule has 5 heteroatoms. The van der Waals surface area contributed by atoms with E-state index in [9.17, 15) is 9.90 Å². The molecule has 5 nitrogen and oxygen atoms in total. The molecule has 0 aromatic heterocycles. The van der Waals surface area contributed by atoms with Crippen molar-refractivity contribution in [3.05, 3.63) is 0 Å². The number of rotatable bonds is 5. The van der Waals surface area contributed by atoms with Crippen LogP contribution in [0.1, 0.15) is 46.0 Å². The zero-order valence-electron chi connectivity index (χ0n) is 13.4. The molecule has 2 N–H and O–H groups in total. The molecule has 21 heavy (non-hydrogen) atoms. The molecule has 1 aliphatic carbocycles. The van der Waals surface area contributed by atoms with Gasteiger partial charge in [0, 0.05) is 19.6 Å². The van der Waals surface area contributed by atoms with Crippen LogP contribution in [0.5, 0.6) is 0 Å². The molecule has 1 aliphatic heterocycles. The number of carbonyl (C=O) groups excluding carboxylic acids is 1. The van der Waals surface area contributed by atoms with Crippen LogP contribution in [-0.2, 0) is 9.53 Å². The van der Waals surface area contributed by atoms with Crippen molar-refractivity contribution in [2.75, 3.05) is 32.8 Å². The van der Waals surface area contributed by atoms with Gasteiger partial charge in [0.05, 0.1) is 24.9 Å². The lowest BCUT2D eigenvalue weighted by Crippen LogP contribution is -2.53. The van der Waals surface area contributed by atoms with E-state index in [4.69, 9.17) is 4.74 Å². The largest absolute Gasteiger partial charge is 0.389 e. The Morgan fingerprint density at radius 1 is 1.38 bits per heavy atom.